The Kier molecular flexibility index (Phi) is 9.25. The van der Waals surface area contributed by atoms with Crippen molar-refractivity contribution in [3.05, 3.63) is 64.7 Å². The summed E-state index contributed by atoms with van der Waals surface area (Å²) in [5.41, 5.74) is 1.85. The molecule has 0 fully saturated rings. The van der Waals surface area contributed by atoms with Crippen LogP contribution in [0.15, 0.2) is 59.5 Å². The molecule has 0 radical (unpaired) electrons. The van der Waals surface area contributed by atoms with Crippen LogP contribution in [-0.4, -0.2) is 36.4 Å². The maximum atomic E-state index is 12.5. The summed E-state index contributed by atoms with van der Waals surface area (Å²) >= 11 is 0. The van der Waals surface area contributed by atoms with E-state index in [9.17, 15) is 28.1 Å². The number of benzene rings is 2. The number of amides is 2. The largest absolute Gasteiger partial charge is 0.326 e. The molecular formula is C20H24N4O7S. The van der Waals surface area contributed by atoms with Gasteiger partial charge in [-0.05, 0) is 37.1 Å². The maximum absolute atomic E-state index is 12.5. The van der Waals surface area contributed by atoms with E-state index in [1.165, 1.54) is 5.48 Å². The Morgan fingerprint density at radius 1 is 1.00 bits per heavy atom. The van der Waals surface area contributed by atoms with Gasteiger partial charge in [0.1, 0.15) is 6.04 Å². The van der Waals surface area contributed by atoms with E-state index in [1.807, 2.05) is 6.07 Å². The number of hydroxylamine groups is 1. The average molecular weight is 465 g/mol. The zero-order valence-electron chi connectivity index (χ0n) is 17.1. The second-order valence-corrected chi connectivity index (χ2v) is 8.63. The van der Waals surface area contributed by atoms with Crippen molar-refractivity contribution in [3.8, 4) is 0 Å². The van der Waals surface area contributed by atoms with Gasteiger partial charge in [0, 0.05) is 24.2 Å². The summed E-state index contributed by atoms with van der Waals surface area (Å²) in [6.45, 7) is 0. The third-order valence-electron chi connectivity index (χ3n) is 4.54. The zero-order chi connectivity index (χ0) is 23.6. The van der Waals surface area contributed by atoms with Gasteiger partial charge in [-0.25, -0.2) is 13.9 Å². The highest BCUT2D eigenvalue weighted by Gasteiger charge is 2.25. The molecule has 0 heterocycles. The Hall–Kier alpha value is -3.35. The summed E-state index contributed by atoms with van der Waals surface area (Å²) in [6.07, 6.45) is 1.84. The molecule has 11 nitrogen and oxygen atoms in total. The Balaban J connectivity index is 1.85. The van der Waals surface area contributed by atoms with Crippen molar-refractivity contribution in [1.82, 2.24) is 10.2 Å². The number of nitro groups is 1. The number of nitrogens with one attached hydrogen (secondary N) is 3. The molecule has 0 aliphatic rings. The summed E-state index contributed by atoms with van der Waals surface area (Å²) in [4.78, 5) is 33.6. The van der Waals surface area contributed by atoms with Crippen molar-refractivity contribution in [2.45, 2.75) is 43.0 Å². The molecule has 0 spiro atoms. The number of rotatable bonds is 12. The van der Waals surface area contributed by atoms with E-state index in [0.29, 0.717) is 24.9 Å². The molecule has 2 aromatic carbocycles. The first-order chi connectivity index (χ1) is 15.2. The number of non-ortho nitro benzene ring substituents is 1. The van der Waals surface area contributed by atoms with E-state index in [-0.39, 0.29) is 29.3 Å². The van der Waals surface area contributed by atoms with Crippen LogP contribution in [0, 0.1) is 10.1 Å². The van der Waals surface area contributed by atoms with Crippen LogP contribution in [0.1, 0.15) is 32.1 Å². The topological polar surface area (TPSA) is 168 Å². The van der Waals surface area contributed by atoms with Crippen LogP contribution in [-0.2, 0) is 19.6 Å². The van der Waals surface area contributed by atoms with Crippen molar-refractivity contribution in [2.75, 3.05) is 5.32 Å². The number of sulfonamides is 1. The van der Waals surface area contributed by atoms with Gasteiger partial charge in [0.2, 0.25) is 15.9 Å². The monoisotopic (exact) mass is 464 g/mol. The van der Waals surface area contributed by atoms with E-state index >= 15 is 0 Å². The van der Waals surface area contributed by atoms with E-state index in [2.05, 4.69) is 10.0 Å². The third kappa shape index (κ3) is 7.72. The van der Waals surface area contributed by atoms with Crippen LogP contribution < -0.4 is 15.5 Å². The smallest absolute Gasteiger partial charge is 0.269 e. The summed E-state index contributed by atoms with van der Waals surface area (Å²) in [7, 11) is -4.16. The molecule has 2 amide bonds. The molecule has 172 valence electrons. The van der Waals surface area contributed by atoms with Crippen molar-refractivity contribution >= 4 is 33.2 Å². The molecule has 0 saturated heterocycles. The lowest BCUT2D eigenvalue weighted by Gasteiger charge is -2.17. The Morgan fingerprint density at radius 2 is 1.66 bits per heavy atom. The number of carbonyl (C=O) groups is 2. The standard InChI is InChI=1S/C20H24N4O7S/c25-19(21-15-7-3-1-4-8-15)10-6-2-5-9-18(20(26)22-27)23-32(30,31)17-13-11-16(12-14-17)24(28)29/h1,3-4,7-8,11-14,18,23,27H,2,5-6,9-10H2,(H,21,25)(H,22,26)/t18-/m0/s1. The molecule has 0 aromatic heterocycles. The normalized spacial score (nSPS) is 12.0. The summed E-state index contributed by atoms with van der Waals surface area (Å²) in [5.74, 6) is -1.09. The van der Waals surface area contributed by atoms with Gasteiger partial charge in [0.25, 0.3) is 11.6 Å². The molecule has 2 aromatic rings. The highest BCUT2D eigenvalue weighted by atomic mass is 32.2. The quantitative estimate of drug-likeness (QED) is 0.162. The predicted octanol–water partition coefficient (Wildman–Crippen LogP) is 2.34. The second kappa shape index (κ2) is 11.9. The molecule has 4 N–H and O–H groups in total. The number of carbonyl (C=O) groups excluding carboxylic acids is 2. The fraction of sp³-hybridized carbons (Fsp3) is 0.300. The first kappa shape index (κ1) is 24.9. The van der Waals surface area contributed by atoms with E-state index < -0.39 is 26.9 Å². The van der Waals surface area contributed by atoms with Crippen LogP contribution in [0.3, 0.4) is 0 Å². The lowest BCUT2D eigenvalue weighted by atomic mass is 10.1. The number of unbranched alkanes of at least 4 members (excludes halogenated alkanes) is 2. The minimum Gasteiger partial charge on any atom is -0.326 e. The van der Waals surface area contributed by atoms with Gasteiger partial charge < -0.3 is 5.32 Å². The van der Waals surface area contributed by atoms with Gasteiger partial charge in [0.15, 0.2) is 0 Å². The van der Waals surface area contributed by atoms with E-state index in [4.69, 9.17) is 5.21 Å². The van der Waals surface area contributed by atoms with Crippen molar-refractivity contribution < 1.29 is 28.1 Å². The molecule has 0 saturated carbocycles. The number of hydrogen-bond donors (Lipinski definition) is 4. The zero-order valence-corrected chi connectivity index (χ0v) is 17.9. The van der Waals surface area contributed by atoms with Crippen LogP contribution in [0.25, 0.3) is 0 Å². The molecule has 32 heavy (non-hydrogen) atoms. The van der Waals surface area contributed by atoms with Crippen LogP contribution in [0.5, 0.6) is 0 Å². The summed E-state index contributed by atoms with van der Waals surface area (Å²) in [5, 5.41) is 22.4. The minimum atomic E-state index is -4.16. The summed E-state index contributed by atoms with van der Waals surface area (Å²) in [6, 6.07) is 11.9. The number of nitrogens with zero attached hydrogens (tertiary/aromatic N) is 1. The van der Waals surface area contributed by atoms with Gasteiger partial charge in [-0.3, -0.25) is 24.9 Å². The van der Waals surface area contributed by atoms with Crippen molar-refractivity contribution in [1.29, 1.82) is 0 Å². The Labute approximate surface area is 185 Å². The molecule has 0 bridgehead atoms. The van der Waals surface area contributed by atoms with Gasteiger partial charge >= 0.3 is 0 Å². The van der Waals surface area contributed by atoms with Crippen molar-refractivity contribution in [3.63, 3.8) is 0 Å². The maximum Gasteiger partial charge on any atom is 0.269 e. The molecule has 12 heteroatoms. The molecule has 0 aliphatic heterocycles. The fourth-order valence-electron chi connectivity index (χ4n) is 2.88. The van der Waals surface area contributed by atoms with Crippen LogP contribution >= 0.6 is 0 Å². The summed E-state index contributed by atoms with van der Waals surface area (Å²) < 4.78 is 27.2. The van der Waals surface area contributed by atoms with Gasteiger partial charge in [-0.2, -0.15) is 4.72 Å². The van der Waals surface area contributed by atoms with Crippen molar-refractivity contribution in [2.24, 2.45) is 0 Å². The van der Waals surface area contributed by atoms with E-state index in [0.717, 1.165) is 24.3 Å². The minimum absolute atomic E-state index is 0.0823. The number of anilines is 1. The van der Waals surface area contributed by atoms with E-state index in [1.54, 1.807) is 24.3 Å². The lowest BCUT2D eigenvalue weighted by molar-refractivity contribution is -0.384. The fourth-order valence-corrected chi connectivity index (χ4v) is 4.11. The highest BCUT2D eigenvalue weighted by molar-refractivity contribution is 7.89. The first-order valence-electron chi connectivity index (χ1n) is 9.78. The van der Waals surface area contributed by atoms with Gasteiger partial charge in [0.05, 0.1) is 9.82 Å². The number of para-hydroxylation sites is 1. The Bertz CT molecular complexity index is 1030. The molecule has 0 unspecified atom stereocenters. The van der Waals surface area contributed by atoms with Gasteiger partial charge in [-0.1, -0.05) is 31.0 Å². The predicted molar refractivity (Wildman–Crippen MR) is 115 cm³/mol. The highest BCUT2D eigenvalue weighted by Crippen LogP contribution is 2.17. The molecular weight excluding hydrogens is 440 g/mol. The molecule has 1 atom stereocenters. The molecule has 2 rings (SSSR count). The average Bonchev–Trinajstić information content (AvgIpc) is 2.78. The SMILES string of the molecule is O=C(CCCCC[C@H](NS(=O)(=O)c1ccc([N+](=O)[O-])cc1)C(=O)NO)Nc1ccccc1. The first-order valence-corrected chi connectivity index (χ1v) is 11.3. The Morgan fingerprint density at radius 3 is 2.25 bits per heavy atom. The van der Waals surface area contributed by atoms with Crippen LogP contribution in [0.2, 0.25) is 0 Å². The second-order valence-electron chi connectivity index (χ2n) is 6.91. The number of nitro benzene ring substituents is 1. The number of hydrogen-bond acceptors (Lipinski definition) is 7. The third-order valence-corrected chi connectivity index (χ3v) is 6.02. The molecule has 0 aliphatic carbocycles. The lowest BCUT2D eigenvalue weighted by Crippen LogP contribution is -2.45. The van der Waals surface area contributed by atoms with Gasteiger partial charge in [-0.15, -0.1) is 0 Å². The van der Waals surface area contributed by atoms with Crippen LogP contribution in [0.4, 0.5) is 11.4 Å².